The second kappa shape index (κ2) is 10.1. The molecular formula is C22H31N5O. The van der Waals surface area contributed by atoms with Gasteiger partial charge in [0.15, 0.2) is 11.5 Å². The van der Waals surface area contributed by atoms with Crippen molar-refractivity contribution in [1.82, 2.24) is 10.2 Å². The maximum absolute atomic E-state index is 12.5. The van der Waals surface area contributed by atoms with Crippen LogP contribution in [0, 0.1) is 0 Å². The first-order valence-corrected chi connectivity index (χ1v) is 10.5. The molecule has 1 aliphatic rings. The standard InChI is InChI=1S/C22H31N5O/c1-3-14-27(15-4-2)21-13-12-20(24-25-21)22(28)23-18-8-10-19(11-9-18)26-16-6-5-7-17-26/h8-13H,3-7,14-17H2,1-2H3,(H,23,28). The summed E-state index contributed by atoms with van der Waals surface area (Å²) >= 11 is 0. The van der Waals surface area contributed by atoms with Crippen molar-refractivity contribution in [2.75, 3.05) is 41.3 Å². The number of carbonyl (C=O) groups excluding carboxylic acids is 1. The molecule has 2 heterocycles. The molecule has 6 nitrogen and oxygen atoms in total. The fraction of sp³-hybridized carbons (Fsp3) is 0.500. The monoisotopic (exact) mass is 381 g/mol. The number of benzene rings is 1. The Morgan fingerprint density at radius 2 is 1.64 bits per heavy atom. The summed E-state index contributed by atoms with van der Waals surface area (Å²) in [7, 11) is 0. The molecule has 0 unspecified atom stereocenters. The number of rotatable bonds is 8. The summed E-state index contributed by atoms with van der Waals surface area (Å²) in [6.07, 6.45) is 5.93. The zero-order valence-electron chi connectivity index (χ0n) is 17.0. The normalized spacial score (nSPS) is 14.0. The fourth-order valence-electron chi connectivity index (χ4n) is 3.60. The van der Waals surface area contributed by atoms with Crippen LogP contribution in [0.3, 0.4) is 0 Å². The number of hydrogen-bond donors (Lipinski definition) is 1. The molecule has 0 saturated carbocycles. The van der Waals surface area contributed by atoms with Crippen molar-refractivity contribution in [3.8, 4) is 0 Å². The van der Waals surface area contributed by atoms with Crippen LogP contribution in [-0.4, -0.2) is 42.3 Å². The van der Waals surface area contributed by atoms with Crippen LogP contribution in [0.1, 0.15) is 56.4 Å². The van der Waals surface area contributed by atoms with Gasteiger partial charge in [0, 0.05) is 37.6 Å². The Hall–Kier alpha value is -2.63. The van der Waals surface area contributed by atoms with Crippen molar-refractivity contribution in [3.05, 3.63) is 42.1 Å². The van der Waals surface area contributed by atoms with Crippen LogP contribution in [0.5, 0.6) is 0 Å². The highest BCUT2D eigenvalue weighted by molar-refractivity contribution is 6.02. The van der Waals surface area contributed by atoms with Crippen molar-refractivity contribution < 1.29 is 4.79 Å². The lowest BCUT2D eigenvalue weighted by molar-refractivity contribution is 0.102. The summed E-state index contributed by atoms with van der Waals surface area (Å²) in [6, 6.07) is 11.7. The topological polar surface area (TPSA) is 61.4 Å². The third-order valence-electron chi connectivity index (χ3n) is 5.04. The zero-order chi connectivity index (χ0) is 19.8. The Morgan fingerprint density at radius 3 is 2.21 bits per heavy atom. The molecule has 1 fully saturated rings. The van der Waals surface area contributed by atoms with Gasteiger partial charge in [0.1, 0.15) is 0 Å². The lowest BCUT2D eigenvalue weighted by Crippen LogP contribution is -2.29. The van der Waals surface area contributed by atoms with Crippen LogP contribution < -0.4 is 15.1 Å². The van der Waals surface area contributed by atoms with Crippen molar-refractivity contribution in [1.29, 1.82) is 0 Å². The average molecular weight is 382 g/mol. The van der Waals surface area contributed by atoms with Gasteiger partial charge in [-0.3, -0.25) is 4.79 Å². The quantitative estimate of drug-likeness (QED) is 0.737. The van der Waals surface area contributed by atoms with E-state index in [9.17, 15) is 4.79 Å². The zero-order valence-corrected chi connectivity index (χ0v) is 17.0. The van der Waals surface area contributed by atoms with Crippen LogP contribution in [0.4, 0.5) is 17.2 Å². The second-order valence-corrected chi connectivity index (χ2v) is 7.31. The van der Waals surface area contributed by atoms with E-state index < -0.39 is 0 Å². The molecule has 1 aromatic heterocycles. The van der Waals surface area contributed by atoms with Crippen LogP contribution in [-0.2, 0) is 0 Å². The number of piperidine rings is 1. The number of carbonyl (C=O) groups is 1. The molecule has 1 saturated heterocycles. The summed E-state index contributed by atoms with van der Waals surface area (Å²) in [5.74, 6) is 0.591. The van der Waals surface area contributed by atoms with Crippen molar-refractivity contribution in [3.63, 3.8) is 0 Å². The van der Waals surface area contributed by atoms with E-state index in [0.29, 0.717) is 5.69 Å². The minimum Gasteiger partial charge on any atom is -0.372 e. The summed E-state index contributed by atoms with van der Waals surface area (Å²) < 4.78 is 0. The predicted octanol–water partition coefficient (Wildman–Crippen LogP) is 4.35. The molecule has 0 atom stereocenters. The number of aromatic nitrogens is 2. The van der Waals surface area contributed by atoms with Crippen LogP contribution >= 0.6 is 0 Å². The first kappa shape index (κ1) is 20.1. The number of hydrogen-bond acceptors (Lipinski definition) is 5. The van der Waals surface area contributed by atoms with Gasteiger partial charge in [-0.25, -0.2) is 0 Å². The first-order valence-electron chi connectivity index (χ1n) is 10.5. The third kappa shape index (κ3) is 5.21. The van der Waals surface area contributed by atoms with Crippen molar-refractivity contribution >= 4 is 23.1 Å². The van der Waals surface area contributed by atoms with Crippen LogP contribution in [0.15, 0.2) is 36.4 Å². The van der Waals surface area contributed by atoms with Crippen molar-refractivity contribution in [2.24, 2.45) is 0 Å². The first-order chi connectivity index (χ1) is 13.7. The highest BCUT2D eigenvalue weighted by Gasteiger charge is 2.13. The van der Waals surface area contributed by atoms with E-state index in [-0.39, 0.29) is 5.91 Å². The molecule has 3 rings (SSSR count). The van der Waals surface area contributed by atoms with Crippen LogP contribution in [0.2, 0.25) is 0 Å². The van der Waals surface area contributed by atoms with Gasteiger partial charge in [-0.1, -0.05) is 13.8 Å². The fourth-order valence-corrected chi connectivity index (χ4v) is 3.60. The van der Waals surface area contributed by atoms with E-state index >= 15 is 0 Å². The van der Waals surface area contributed by atoms with E-state index in [1.165, 1.54) is 24.9 Å². The molecule has 2 aromatic rings. The Kier molecular flexibility index (Phi) is 7.23. The Morgan fingerprint density at radius 1 is 0.964 bits per heavy atom. The summed E-state index contributed by atoms with van der Waals surface area (Å²) in [4.78, 5) is 17.1. The molecule has 0 bridgehead atoms. The molecular weight excluding hydrogens is 350 g/mol. The molecule has 150 valence electrons. The van der Waals surface area contributed by atoms with Gasteiger partial charge in [0.2, 0.25) is 0 Å². The molecule has 1 aliphatic heterocycles. The molecule has 0 aliphatic carbocycles. The minimum atomic E-state index is -0.234. The SMILES string of the molecule is CCCN(CCC)c1ccc(C(=O)Nc2ccc(N3CCCCC3)cc2)nn1. The third-order valence-corrected chi connectivity index (χ3v) is 5.04. The second-order valence-electron chi connectivity index (χ2n) is 7.31. The summed E-state index contributed by atoms with van der Waals surface area (Å²) in [5.41, 5.74) is 2.32. The molecule has 1 N–H and O–H groups in total. The van der Waals surface area contributed by atoms with E-state index in [2.05, 4.69) is 51.3 Å². The minimum absolute atomic E-state index is 0.234. The highest BCUT2D eigenvalue weighted by atomic mass is 16.1. The Bertz CT molecular complexity index is 733. The Labute approximate surface area is 168 Å². The summed E-state index contributed by atoms with van der Waals surface area (Å²) in [5, 5.41) is 11.3. The molecule has 28 heavy (non-hydrogen) atoms. The number of amides is 1. The lowest BCUT2D eigenvalue weighted by atomic mass is 10.1. The maximum Gasteiger partial charge on any atom is 0.276 e. The molecule has 1 aromatic carbocycles. The van der Waals surface area contributed by atoms with Gasteiger partial charge in [-0.2, -0.15) is 0 Å². The largest absolute Gasteiger partial charge is 0.372 e. The number of nitrogens with zero attached hydrogens (tertiary/aromatic N) is 4. The lowest BCUT2D eigenvalue weighted by Gasteiger charge is -2.28. The van der Waals surface area contributed by atoms with Gasteiger partial charge in [0.05, 0.1) is 0 Å². The summed E-state index contributed by atoms with van der Waals surface area (Å²) in [6.45, 7) is 8.40. The maximum atomic E-state index is 12.5. The van der Waals surface area contributed by atoms with Crippen LogP contribution in [0.25, 0.3) is 0 Å². The number of anilines is 3. The van der Waals surface area contributed by atoms with E-state index in [0.717, 1.165) is 50.5 Å². The molecule has 0 radical (unpaired) electrons. The molecule has 0 spiro atoms. The van der Waals surface area contributed by atoms with Gasteiger partial charge in [0.25, 0.3) is 5.91 Å². The average Bonchev–Trinajstić information content (AvgIpc) is 2.75. The molecule has 6 heteroatoms. The van der Waals surface area contributed by atoms with Gasteiger partial charge >= 0.3 is 0 Å². The number of nitrogens with one attached hydrogen (secondary N) is 1. The van der Waals surface area contributed by atoms with Gasteiger partial charge in [-0.05, 0) is 68.5 Å². The van der Waals surface area contributed by atoms with E-state index in [1.54, 1.807) is 6.07 Å². The van der Waals surface area contributed by atoms with E-state index in [4.69, 9.17) is 0 Å². The predicted molar refractivity (Wildman–Crippen MR) is 115 cm³/mol. The van der Waals surface area contributed by atoms with E-state index in [1.807, 2.05) is 18.2 Å². The van der Waals surface area contributed by atoms with Gasteiger partial charge < -0.3 is 15.1 Å². The Balaban J connectivity index is 1.61. The van der Waals surface area contributed by atoms with Crippen molar-refractivity contribution in [2.45, 2.75) is 46.0 Å². The van der Waals surface area contributed by atoms with Gasteiger partial charge in [-0.15, -0.1) is 10.2 Å². The smallest absolute Gasteiger partial charge is 0.276 e. The molecule has 1 amide bonds. The highest BCUT2D eigenvalue weighted by Crippen LogP contribution is 2.22.